The third-order valence-corrected chi connectivity index (χ3v) is 9.53. The van der Waals surface area contributed by atoms with Gasteiger partial charge in [0, 0.05) is 18.3 Å². The molecule has 1 N–H and O–H groups in total. The van der Waals surface area contributed by atoms with Crippen molar-refractivity contribution < 1.29 is 4.79 Å². The van der Waals surface area contributed by atoms with Gasteiger partial charge in [-0.2, -0.15) is 0 Å². The number of amides is 1. The molecule has 4 aliphatic rings. The van der Waals surface area contributed by atoms with Gasteiger partial charge < -0.3 is 10.2 Å². The van der Waals surface area contributed by atoms with Gasteiger partial charge in [0.2, 0.25) is 5.91 Å². The molecule has 5 heteroatoms. The van der Waals surface area contributed by atoms with E-state index >= 15 is 0 Å². The van der Waals surface area contributed by atoms with Crippen LogP contribution in [0.3, 0.4) is 0 Å². The van der Waals surface area contributed by atoms with E-state index in [4.69, 9.17) is 0 Å². The molecule has 5 atom stereocenters. The monoisotopic (exact) mass is 453 g/mol. The van der Waals surface area contributed by atoms with Gasteiger partial charge in [-0.15, -0.1) is 11.8 Å². The van der Waals surface area contributed by atoms with Crippen molar-refractivity contribution >= 4 is 23.4 Å². The van der Waals surface area contributed by atoms with Gasteiger partial charge >= 0.3 is 0 Å². The quantitative estimate of drug-likeness (QED) is 0.626. The van der Waals surface area contributed by atoms with Crippen LogP contribution in [0.4, 0.5) is 5.69 Å². The molecular weight excluding hydrogens is 426 g/mol. The van der Waals surface area contributed by atoms with Crippen LogP contribution in [0.1, 0.15) is 28.4 Å². The average molecular weight is 454 g/mol. The SMILES string of the molecule is O=C1CSC(c2ccccc2)[C@@H]2C3N(Cc4ccccc4)CCC34c3ccccc3N[C@@H]4N12. The van der Waals surface area contributed by atoms with Crippen molar-refractivity contribution in [2.24, 2.45) is 0 Å². The number of benzene rings is 3. The second-order valence-electron chi connectivity index (χ2n) is 9.72. The molecule has 33 heavy (non-hydrogen) atoms. The first kappa shape index (κ1) is 19.7. The molecule has 3 aromatic carbocycles. The van der Waals surface area contributed by atoms with E-state index in [1.54, 1.807) is 0 Å². The second kappa shape index (κ2) is 7.37. The van der Waals surface area contributed by atoms with E-state index in [1.165, 1.54) is 22.4 Å². The van der Waals surface area contributed by atoms with Crippen molar-refractivity contribution in [1.82, 2.24) is 9.80 Å². The average Bonchev–Trinajstić information content (AvgIpc) is 3.47. The van der Waals surface area contributed by atoms with Crippen LogP contribution < -0.4 is 5.32 Å². The summed E-state index contributed by atoms with van der Waals surface area (Å²) in [5.74, 6) is 0.822. The van der Waals surface area contributed by atoms with Gasteiger partial charge in [-0.1, -0.05) is 78.9 Å². The molecule has 4 heterocycles. The number of carbonyl (C=O) groups is 1. The zero-order chi connectivity index (χ0) is 22.0. The fourth-order valence-electron chi connectivity index (χ4n) is 7.02. The Balaban J connectivity index is 1.39. The third kappa shape index (κ3) is 2.72. The minimum Gasteiger partial charge on any atom is -0.364 e. The zero-order valence-corrected chi connectivity index (χ0v) is 19.2. The van der Waals surface area contributed by atoms with E-state index in [0.717, 1.165) is 19.5 Å². The van der Waals surface area contributed by atoms with Crippen LogP contribution in [-0.4, -0.2) is 46.3 Å². The lowest BCUT2D eigenvalue weighted by Crippen LogP contribution is -2.54. The molecule has 1 spiro atoms. The number of rotatable bonds is 3. The lowest BCUT2D eigenvalue weighted by molar-refractivity contribution is -0.132. The predicted octanol–water partition coefficient (Wildman–Crippen LogP) is 4.65. The topological polar surface area (TPSA) is 35.6 Å². The molecule has 3 saturated heterocycles. The molecule has 1 amide bonds. The summed E-state index contributed by atoms with van der Waals surface area (Å²) in [6.45, 7) is 1.98. The van der Waals surface area contributed by atoms with Crippen LogP contribution >= 0.6 is 11.8 Å². The summed E-state index contributed by atoms with van der Waals surface area (Å²) in [7, 11) is 0. The van der Waals surface area contributed by atoms with E-state index in [1.807, 2.05) is 11.8 Å². The van der Waals surface area contributed by atoms with Crippen molar-refractivity contribution in [2.75, 3.05) is 17.6 Å². The highest BCUT2D eigenvalue weighted by atomic mass is 32.2. The Bertz CT molecular complexity index is 1200. The molecule has 3 fully saturated rings. The maximum Gasteiger partial charge on any atom is 0.234 e. The second-order valence-corrected chi connectivity index (χ2v) is 10.8. The normalized spacial score (nSPS) is 32.1. The van der Waals surface area contributed by atoms with E-state index in [0.29, 0.717) is 5.75 Å². The van der Waals surface area contributed by atoms with Crippen molar-refractivity contribution in [3.05, 3.63) is 102 Å². The van der Waals surface area contributed by atoms with Crippen LogP contribution in [0.15, 0.2) is 84.9 Å². The van der Waals surface area contributed by atoms with E-state index in [9.17, 15) is 4.79 Å². The Morgan fingerprint density at radius 3 is 2.48 bits per heavy atom. The van der Waals surface area contributed by atoms with Gasteiger partial charge in [0.05, 0.1) is 22.5 Å². The molecule has 4 nitrogen and oxygen atoms in total. The minimum absolute atomic E-state index is 0.0327. The number of hydrogen-bond acceptors (Lipinski definition) is 4. The lowest BCUT2D eigenvalue weighted by Gasteiger charge is -2.43. The van der Waals surface area contributed by atoms with Gasteiger partial charge in [0.1, 0.15) is 6.17 Å². The maximum atomic E-state index is 13.5. The fourth-order valence-corrected chi connectivity index (χ4v) is 8.32. The molecule has 0 radical (unpaired) electrons. The van der Waals surface area contributed by atoms with Crippen molar-refractivity contribution in [3.8, 4) is 0 Å². The number of likely N-dealkylation sites (tertiary alicyclic amines) is 1. The lowest BCUT2D eigenvalue weighted by atomic mass is 9.73. The predicted molar refractivity (Wildman–Crippen MR) is 133 cm³/mol. The first-order valence-corrected chi connectivity index (χ1v) is 12.9. The molecule has 0 bridgehead atoms. The van der Waals surface area contributed by atoms with Crippen molar-refractivity contribution in [3.63, 3.8) is 0 Å². The van der Waals surface area contributed by atoms with Crippen LogP contribution in [0, 0.1) is 0 Å². The summed E-state index contributed by atoms with van der Waals surface area (Å²) in [5, 5.41) is 4.09. The number of nitrogens with one attached hydrogen (secondary N) is 1. The molecule has 7 rings (SSSR count). The third-order valence-electron chi connectivity index (χ3n) is 8.21. The van der Waals surface area contributed by atoms with E-state index in [-0.39, 0.29) is 34.8 Å². The van der Waals surface area contributed by atoms with E-state index in [2.05, 4.69) is 100 Å². The summed E-state index contributed by atoms with van der Waals surface area (Å²) in [5.41, 5.74) is 5.21. The molecule has 0 saturated carbocycles. The summed E-state index contributed by atoms with van der Waals surface area (Å²) in [6.07, 6.45) is 1.11. The number of para-hydroxylation sites is 1. The first-order valence-electron chi connectivity index (χ1n) is 11.9. The summed E-state index contributed by atoms with van der Waals surface area (Å²) < 4.78 is 0. The summed E-state index contributed by atoms with van der Waals surface area (Å²) in [6, 6.07) is 30.8. The zero-order valence-electron chi connectivity index (χ0n) is 18.4. The maximum absolute atomic E-state index is 13.5. The Morgan fingerprint density at radius 1 is 0.939 bits per heavy atom. The Labute approximate surface area is 199 Å². The minimum atomic E-state index is -0.0658. The summed E-state index contributed by atoms with van der Waals surface area (Å²) >= 11 is 1.83. The smallest absolute Gasteiger partial charge is 0.234 e. The number of hydrogen-bond donors (Lipinski definition) is 1. The number of anilines is 1. The van der Waals surface area contributed by atoms with Crippen LogP contribution in [0.5, 0.6) is 0 Å². The van der Waals surface area contributed by atoms with E-state index < -0.39 is 0 Å². The molecular formula is C28H27N3OS. The van der Waals surface area contributed by atoms with Crippen LogP contribution in [-0.2, 0) is 16.8 Å². The number of nitrogens with zero attached hydrogens (tertiary/aromatic N) is 2. The Morgan fingerprint density at radius 2 is 1.67 bits per heavy atom. The molecule has 3 unspecified atom stereocenters. The largest absolute Gasteiger partial charge is 0.364 e. The molecule has 166 valence electrons. The van der Waals surface area contributed by atoms with Gasteiger partial charge in [-0.05, 0) is 35.7 Å². The number of fused-ring (bicyclic) bond motifs is 4. The van der Waals surface area contributed by atoms with Gasteiger partial charge in [-0.3, -0.25) is 9.69 Å². The fraction of sp³-hybridized carbons (Fsp3) is 0.321. The van der Waals surface area contributed by atoms with Crippen LogP contribution in [0.2, 0.25) is 0 Å². The van der Waals surface area contributed by atoms with Crippen LogP contribution in [0.25, 0.3) is 0 Å². The molecule has 4 aliphatic heterocycles. The van der Waals surface area contributed by atoms with Gasteiger partial charge in [-0.25, -0.2) is 0 Å². The number of thioether (sulfide) groups is 1. The standard InChI is InChI=1S/C28H27N3OS/c32-23-18-33-25(20-11-5-2-6-12-20)24-26-28(15-16-30(26)17-19-9-3-1-4-10-19)21-13-7-8-14-22(21)29-27(28)31(23)24/h1-14,24-27,29H,15-18H2/t24-,25?,26?,27-,28?/m1/s1. The molecule has 0 aromatic heterocycles. The molecule has 0 aliphatic carbocycles. The highest BCUT2D eigenvalue weighted by Crippen LogP contribution is 2.62. The Hall–Kier alpha value is -2.76. The van der Waals surface area contributed by atoms with Gasteiger partial charge in [0.25, 0.3) is 0 Å². The number of carbonyl (C=O) groups excluding carboxylic acids is 1. The highest BCUT2D eigenvalue weighted by molar-refractivity contribution is 8.00. The van der Waals surface area contributed by atoms with Gasteiger partial charge in [0.15, 0.2) is 0 Å². The molecule has 3 aromatic rings. The first-order chi connectivity index (χ1) is 16.3. The van der Waals surface area contributed by atoms with Crippen molar-refractivity contribution in [1.29, 1.82) is 0 Å². The Kier molecular flexibility index (Phi) is 4.40. The van der Waals surface area contributed by atoms with Crippen molar-refractivity contribution in [2.45, 2.75) is 41.9 Å². The highest BCUT2D eigenvalue weighted by Gasteiger charge is 2.70. The summed E-state index contributed by atoms with van der Waals surface area (Å²) in [4.78, 5) is 18.4.